The van der Waals surface area contributed by atoms with Crippen molar-refractivity contribution in [2.24, 2.45) is 0 Å². The monoisotopic (exact) mass is 1310 g/mol. The average Bonchev–Trinajstić information content (AvgIpc) is 0.953. The highest BCUT2D eigenvalue weighted by molar-refractivity contribution is 7.20. The van der Waals surface area contributed by atoms with Crippen LogP contribution in [0, 0.1) is 0 Å². The topological polar surface area (TPSA) is 87.2 Å². The first-order valence-electron chi connectivity index (χ1n) is 33.8. The molecule has 0 N–H and O–H groups in total. The minimum atomic E-state index is -2.92. The Morgan fingerprint density at radius 3 is 0.660 bits per heavy atom. The minimum Gasteiger partial charge on any atom is -0.278 e. The number of hydrogen-bond donors (Lipinski definition) is 0. The lowest BCUT2D eigenvalue weighted by molar-refractivity contribution is 0.953. The van der Waals surface area contributed by atoms with Gasteiger partial charge >= 0.3 is 0 Å². The summed E-state index contributed by atoms with van der Waals surface area (Å²) in [4.78, 5) is 32.6. The van der Waals surface area contributed by atoms with Crippen LogP contribution >= 0.6 is 0 Å². The van der Waals surface area contributed by atoms with Gasteiger partial charge in [-0.3, -0.25) is 9.13 Å². The molecule has 0 radical (unpaired) electrons. The SMILES string of the molecule is c1ccc([Si](c2ccccc2)(c2ccccc2)c2cccc(-c3nc(-c4ccc(-c5ccc(-c6nc(-c7cccc([Si](c8ccccc8)(c8ccccc8)c8ccccc8)c7)nc(-n7c8ccccc8c8ccccc87)n6)cc5)cc4)nc(-n4c5ccccc5c5ccccc54)n3)c2)cc1. The van der Waals surface area contributed by atoms with E-state index in [0.717, 1.165) is 77.0 Å². The van der Waals surface area contributed by atoms with Crippen molar-refractivity contribution in [2.45, 2.75) is 0 Å². The molecule has 0 aliphatic heterocycles. The maximum Gasteiger partial charge on any atom is 0.238 e. The van der Waals surface area contributed by atoms with Gasteiger partial charge in [-0.05, 0) is 76.9 Å². The first-order chi connectivity index (χ1) is 49.6. The van der Waals surface area contributed by atoms with Crippen LogP contribution in [0.3, 0.4) is 0 Å². The first-order valence-corrected chi connectivity index (χ1v) is 37.8. The summed E-state index contributed by atoms with van der Waals surface area (Å²) in [5.74, 6) is 3.37. The van der Waals surface area contributed by atoms with E-state index in [2.05, 4.69) is 385 Å². The molecule has 4 aromatic heterocycles. The molecule has 470 valence electrons. The molecule has 0 aliphatic rings. The molecule has 0 atom stereocenters. The fraction of sp³-hybridized carbons (Fsp3) is 0. The Balaban J connectivity index is 0.753. The van der Waals surface area contributed by atoms with Crippen molar-refractivity contribution in [1.82, 2.24) is 39.0 Å². The highest BCUT2D eigenvalue weighted by atomic mass is 28.3. The molecule has 0 saturated heterocycles. The number of fused-ring (bicyclic) bond motifs is 6. The maximum absolute atomic E-state index is 5.47. The Bertz CT molecular complexity index is 5340. The molecule has 10 heteroatoms. The number of nitrogens with zero attached hydrogens (tertiary/aromatic N) is 8. The van der Waals surface area contributed by atoms with Gasteiger partial charge in [-0.2, -0.15) is 19.9 Å². The molecule has 8 nitrogen and oxygen atoms in total. The van der Waals surface area contributed by atoms with Crippen LogP contribution in [0.25, 0.3) is 112 Å². The Kier molecular flexibility index (Phi) is 15.1. The van der Waals surface area contributed by atoms with Crippen molar-refractivity contribution in [3.8, 4) is 68.6 Å². The van der Waals surface area contributed by atoms with Gasteiger partial charge in [-0.25, -0.2) is 9.97 Å². The second-order valence-electron chi connectivity index (χ2n) is 25.3. The quantitative estimate of drug-likeness (QED) is 0.0751. The second-order valence-corrected chi connectivity index (χ2v) is 32.9. The third kappa shape index (κ3) is 10.2. The van der Waals surface area contributed by atoms with Crippen LogP contribution in [0.1, 0.15) is 0 Å². The van der Waals surface area contributed by atoms with Gasteiger partial charge in [0, 0.05) is 43.8 Å². The molecule has 0 amide bonds. The van der Waals surface area contributed by atoms with E-state index < -0.39 is 16.1 Å². The summed E-state index contributed by atoms with van der Waals surface area (Å²) in [5, 5.41) is 14.7. The number of rotatable bonds is 15. The average molecular weight is 1310 g/mol. The van der Waals surface area contributed by atoms with Crippen molar-refractivity contribution >= 4 is 101 Å². The van der Waals surface area contributed by atoms with Crippen molar-refractivity contribution in [2.75, 3.05) is 0 Å². The van der Waals surface area contributed by atoms with E-state index in [1.54, 1.807) is 0 Å². The lowest BCUT2D eigenvalue weighted by Crippen LogP contribution is -2.74. The summed E-state index contributed by atoms with van der Waals surface area (Å²) < 4.78 is 4.37. The van der Waals surface area contributed by atoms with E-state index in [9.17, 15) is 0 Å². The molecule has 18 rings (SSSR count). The molecule has 4 heterocycles. The van der Waals surface area contributed by atoms with Crippen LogP contribution < -0.4 is 41.5 Å². The van der Waals surface area contributed by atoms with E-state index in [0.29, 0.717) is 35.2 Å². The Morgan fingerprint density at radius 2 is 0.390 bits per heavy atom. The van der Waals surface area contributed by atoms with Gasteiger partial charge in [0.2, 0.25) is 11.9 Å². The van der Waals surface area contributed by atoms with E-state index in [1.165, 1.54) is 41.5 Å². The standard InChI is InChI=1S/C90H62N8Si2/c1-7-31-69(32-8-1)99(70-33-9-2-10-34-70,71-35-11-3-12-36-71)75-43-27-29-67(61-75)87-91-85(93-89(95-87)97-81-49-23-19-45-77(81)78-46-20-24-50-82(78)97)65-57-53-63(54-58-65)64-55-59-66(60-56-64)86-92-88(96-90(94-86)98-83-51-25-21-47-79(83)80-48-22-26-52-84(80)98)68-30-28-44-76(62-68)100(72-37-13-4-14-38-72,73-39-15-5-16-40-73)74-41-17-6-18-42-74/h1-62H. The Hall–Kier alpha value is -12.9. The first kappa shape index (κ1) is 59.6. The van der Waals surface area contributed by atoms with E-state index >= 15 is 0 Å². The van der Waals surface area contributed by atoms with Gasteiger partial charge in [0.05, 0.1) is 22.1 Å². The Labute approximate surface area is 581 Å². The molecular formula is C90H62N8Si2. The van der Waals surface area contributed by atoms with Gasteiger partial charge in [-0.1, -0.05) is 352 Å². The Morgan fingerprint density at radius 1 is 0.170 bits per heavy atom. The zero-order valence-corrected chi connectivity index (χ0v) is 56.4. The highest BCUT2D eigenvalue weighted by Gasteiger charge is 2.43. The van der Waals surface area contributed by atoms with Gasteiger partial charge in [0.25, 0.3) is 0 Å². The van der Waals surface area contributed by atoms with Crippen LogP contribution in [0.4, 0.5) is 0 Å². The van der Waals surface area contributed by atoms with Crippen LogP contribution in [-0.2, 0) is 0 Å². The summed E-state index contributed by atoms with van der Waals surface area (Å²) in [6, 6.07) is 135. The van der Waals surface area contributed by atoms with Crippen LogP contribution in [-0.4, -0.2) is 55.2 Å². The smallest absolute Gasteiger partial charge is 0.238 e. The lowest BCUT2D eigenvalue weighted by atomic mass is 10.0. The number of para-hydroxylation sites is 4. The molecule has 0 aliphatic carbocycles. The maximum atomic E-state index is 5.47. The summed E-state index contributed by atoms with van der Waals surface area (Å²) in [7, 11) is -5.83. The summed E-state index contributed by atoms with van der Waals surface area (Å²) >= 11 is 0. The zero-order valence-electron chi connectivity index (χ0n) is 54.4. The number of benzene rings is 14. The largest absolute Gasteiger partial charge is 0.278 e. The fourth-order valence-corrected chi connectivity index (χ4v) is 24.8. The van der Waals surface area contributed by atoms with E-state index in [1.807, 2.05) is 0 Å². The molecule has 0 bridgehead atoms. The summed E-state index contributed by atoms with van der Waals surface area (Å²) in [5.41, 5.74) is 9.66. The van der Waals surface area contributed by atoms with Crippen molar-refractivity contribution in [1.29, 1.82) is 0 Å². The van der Waals surface area contributed by atoms with E-state index in [-0.39, 0.29) is 0 Å². The normalized spacial score (nSPS) is 11.8. The molecule has 0 saturated carbocycles. The lowest BCUT2D eigenvalue weighted by Gasteiger charge is -2.34. The van der Waals surface area contributed by atoms with Crippen LogP contribution in [0.15, 0.2) is 376 Å². The van der Waals surface area contributed by atoms with E-state index in [4.69, 9.17) is 29.9 Å². The van der Waals surface area contributed by atoms with Gasteiger partial charge in [-0.15, -0.1) is 0 Å². The molecule has 14 aromatic carbocycles. The predicted molar refractivity (Wildman–Crippen MR) is 416 cm³/mol. The van der Waals surface area contributed by atoms with Crippen LogP contribution in [0.2, 0.25) is 0 Å². The highest BCUT2D eigenvalue weighted by Crippen LogP contribution is 2.36. The second kappa shape index (κ2) is 25.3. The molecule has 0 unspecified atom stereocenters. The number of aromatic nitrogens is 8. The summed E-state index contributed by atoms with van der Waals surface area (Å²) in [6.45, 7) is 0. The molecular weight excluding hydrogens is 1250 g/mol. The van der Waals surface area contributed by atoms with Gasteiger partial charge in [0.15, 0.2) is 39.4 Å². The molecule has 0 fully saturated rings. The zero-order chi connectivity index (χ0) is 66.4. The van der Waals surface area contributed by atoms with Crippen molar-refractivity contribution in [3.05, 3.63) is 376 Å². The predicted octanol–water partition coefficient (Wildman–Crippen LogP) is 15.3. The molecule has 100 heavy (non-hydrogen) atoms. The van der Waals surface area contributed by atoms with Crippen molar-refractivity contribution in [3.63, 3.8) is 0 Å². The number of hydrogen-bond acceptors (Lipinski definition) is 6. The van der Waals surface area contributed by atoms with Crippen molar-refractivity contribution < 1.29 is 0 Å². The molecule has 0 spiro atoms. The third-order valence-corrected chi connectivity index (χ3v) is 29.3. The minimum absolute atomic E-state index is 0.539. The third-order valence-electron chi connectivity index (χ3n) is 19.8. The van der Waals surface area contributed by atoms with Gasteiger partial charge in [0.1, 0.15) is 0 Å². The summed E-state index contributed by atoms with van der Waals surface area (Å²) in [6.07, 6.45) is 0. The molecule has 18 aromatic rings. The van der Waals surface area contributed by atoms with Gasteiger partial charge < -0.3 is 0 Å². The fourth-order valence-electron chi connectivity index (χ4n) is 15.3. The van der Waals surface area contributed by atoms with Crippen LogP contribution in [0.5, 0.6) is 0 Å².